The minimum absolute atomic E-state index is 0. The third kappa shape index (κ3) is 6.23. The molecule has 0 aliphatic rings. The molecule has 0 N–H and O–H groups in total. The Bertz CT molecular complexity index is 335. The van der Waals surface area contributed by atoms with Gasteiger partial charge in [-0.2, -0.15) is 6.07 Å². The van der Waals surface area contributed by atoms with E-state index in [1.165, 1.54) is 0 Å². The van der Waals surface area contributed by atoms with Crippen LogP contribution in [0.1, 0.15) is 0 Å². The fourth-order valence-corrected chi connectivity index (χ4v) is 4.51. The fraction of sp³-hybridized carbons (Fsp3) is 0.286. The first-order valence-electron chi connectivity index (χ1n) is 5.40. The van der Waals surface area contributed by atoms with E-state index in [-0.39, 0.29) is 41.7 Å². The summed E-state index contributed by atoms with van der Waals surface area (Å²) in [7, 11) is 0.209. The molecule has 0 atom stereocenters. The van der Waals surface area contributed by atoms with Crippen molar-refractivity contribution in [1.82, 2.24) is 0 Å². The van der Waals surface area contributed by atoms with E-state index < -0.39 is 0 Å². The summed E-state index contributed by atoms with van der Waals surface area (Å²) in [5.41, 5.74) is 0. The maximum absolute atomic E-state index is 2.33. The van der Waals surface area contributed by atoms with Gasteiger partial charge in [-0.1, -0.05) is 13.3 Å². The number of rotatable bonds is 2. The van der Waals surface area contributed by atoms with Crippen LogP contribution in [0, 0.1) is 0 Å². The Morgan fingerprint density at radius 1 is 0.941 bits per heavy atom. The van der Waals surface area contributed by atoms with E-state index in [1.807, 2.05) is 30.3 Å². The summed E-state index contributed by atoms with van der Waals surface area (Å²) in [5.74, 6) is 0. The average molecular weight is 429 g/mol. The van der Waals surface area contributed by atoms with Gasteiger partial charge in [0.05, 0.1) is 0 Å². The number of hydrogen-bond donors (Lipinski definition) is 0. The summed E-state index contributed by atoms with van der Waals surface area (Å²) >= 11 is 0. The maximum Gasteiger partial charge on any atom is 0 e. The van der Waals surface area contributed by atoms with Gasteiger partial charge in [-0.15, -0.1) is 26.5 Å². The molecular formula is C14H20HfP2-6. The molecule has 0 heterocycles. The molecule has 0 radical (unpaired) electrons. The van der Waals surface area contributed by atoms with E-state index in [0.717, 1.165) is 0 Å². The van der Waals surface area contributed by atoms with Crippen molar-refractivity contribution in [2.45, 2.75) is 0 Å². The van der Waals surface area contributed by atoms with Gasteiger partial charge in [0.2, 0.25) is 0 Å². The topological polar surface area (TPSA) is 0 Å². The van der Waals surface area contributed by atoms with E-state index in [0.29, 0.717) is 0 Å². The Morgan fingerprint density at radius 3 is 1.71 bits per heavy atom. The van der Waals surface area contributed by atoms with Gasteiger partial charge in [-0.25, -0.2) is 12.1 Å². The zero-order valence-corrected chi connectivity index (χ0v) is 16.4. The van der Waals surface area contributed by atoms with Crippen molar-refractivity contribution in [3.63, 3.8) is 0 Å². The van der Waals surface area contributed by atoms with Crippen LogP contribution in [0.15, 0.2) is 48.5 Å². The molecule has 3 heteroatoms. The molecule has 2 aromatic carbocycles. The Morgan fingerprint density at radius 2 is 1.41 bits per heavy atom. The minimum atomic E-state index is 0. The third-order valence-corrected chi connectivity index (χ3v) is 5.17. The van der Waals surface area contributed by atoms with Gasteiger partial charge >= 0.3 is 0 Å². The maximum atomic E-state index is 2.33. The molecule has 0 aromatic heterocycles. The van der Waals surface area contributed by atoms with Gasteiger partial charge in [-0.3, -0.25) is 0 Å². The van der Waals surface area contributed by atoms with Crippen LogP contribution >= 0.6 is 15.8 Å². The van der Waals surface area contributed by atoms with Gasteiger partial charge in [0.1, 0.15) is 0 Å². The molecule has 0 unspecified atom stereocenters. The molecular weight excluding hydrogens is 409 g/mol. The molecule has 0 saturated heterocycles. The van der Waals surface area contributed by atoms with Gasteiger partial charge < -0.3 is 30.3 Å². The molecule has 0 aliphatic heterocycles. The first kappa shape index (κ1) is 17.4. The van der Waals surface area contributed by atoms with Crippen LogP contribution in [-0.4, -0.2) is 26.7 Å². The molecule has 2 aromatic rings. The van der Waals surface area contributed by atoms with Crippen molar-refractivity contribution in [1.29, 1.82) is 0 Å². The van der Waals surface area contributed by atoms with Crippen molar-refractivity contribution >= 4 is 26.5 Å². The van der Waals surface area contributed by atoms with Gasteiger partial charge in [0.25, 0.3) is 0 Å². The Labute approximate surface area is 127 Å². The molecule has 0 amide bonds. The molecule has 0 saturated carbocycles. The van der Waals surface area contributed by atoms with Gasteiger partial charge in [0.15, 0.2) is 0 Å². The predicted molar refractivity (Wildman–Crippen MR) is 80.9 cm³/mol. The molecule has 0 nitrogen and oxygen atoms in total. The standard InChI is InChI=1S/C9H15P2.C5H5.Hf/c1-10(2)8-6-5-7-9(8)11(3)4;1-2-4-5-3-1;/h5-7H,1-4H3;1-5H;/q-1;-5;. The van der Waals surface area contributed by atoms with Crippen molar-refractivity contribution in [2.24, 2.45) is 0 Å². The second kappa shape index (κ2) is 9.37. The van der Waals surface area contributed by atoms with Crippen LogP contribution in [0.2, 0.25) is 0 Å². The first-order chi connectivity index (χ1) is 7.63. The molecule has 0 bridgehead atoms. The van der Waals surface area contributed by atoms with Crippen molar-refractivity contribution in [2.75, 3.05) is 26.7 Å². The minimum Gasteiger partial charge on any atom is -0.748 e. The summed E-state index contributed by atoms with van der Waals surface area (Å²) in [6.45, 7) is 9.31. The Balaban J connectivity index is 0.000000360. The van der Waals surface area contributed by atoms with Crippen molar-refractivity contribution < 1.29 is 25.8 Å². The van der Waals surface area contributed by atoms with Crippen LogP contribution in [0.25, 0.3) is 0 Å². The summed E-state index contributed by atoms with van der Waals surface area (Å²) in [4.78, 5) is 0. The van der Waals surface area contributed by atoms with Crippen molar-refractivity contribution in [3.8, 4) is 0 Å². The number of hydrogen-bond acceptors (Lipinski definition) is 0. The largest absolute Gasteiger partial charge is 0.748 e. The second-order valence-corrected chi connectivity index (χ2v) is 8.59. The molecule has 0 aliphatic carbocycles. The monoisotopic (exact) mass is 430 g/mol. The van der Waals surface area contributed by atoms with E-state index in [2.05, 4.69) is 44.9 Å². The SMILES string of the molecule is CP(C)c1ccc[c-]1P(C)C.[Hf].[cH-]1[cH-][cH-][cH-][cH-]1. The van der Waals surface area contributed by atoms with Crippen LogP contribution in [0.3, 0.4) is 0 Å². The van der Waals surface area contributed by atoms with E-state index in [9.17, 15) is 0 Å². The second-order valence-electron chi connectivity index (χ2n) is 4.05. The molecule has 96 valence electrons. The summed E-state index contributed by atoms with van der Waals surface area (Å²) in [5, 5.41) is 3.22. The molecule has 0 fully saturated rings. The van der Waals surface area contributed by atoms with Gasteiger partial charge in [-0.05, 0) is 13.3 Å². The Hall–Kier alpha value is 0.430. The third-order valence-electron chi connectivity index (χ3n) is 2.29. The fourth-order valence-electron chi connectivity index (χ4n) is 1.48. The molecule has 17 heavy (non-hydrogen) atoms. The quantitative estimate of drug-likeness (QED) is 0.390. The molecule has 2 rings (SSSR count). The van der Waals surface area contributed by atoms with E-state index >= 15 is 0 Å². The first-order valence-corrected chi connectivity index (χ1v) is 9.87. The van der Waals surface area contributed by atoms with Crippen LogP contribution in [-0.2, 0) is 25.8 Å². The van der Waals surface area contributed by atoms with Crippen molar-refractivity contribution in [3.05, 3.63) is 48.5 Å². The van der Waals surface area contributed by atoms with Crippen LogP contribution in [0.5, 0.6) is 0 Å². The summed E-state index contributed by atoms with van der Waals surface area (Å²) in [6.07, 6.45) is 0. The van der Waals surface area contributed by atoms with E-state index in [4.69, 9.17) is 0 Å². The van der Waals surface area contributed by atoms with Gasteiger partial charge in [0, 0.05) is 25.8 Å². The van der Waals surface area contributed by atoms with Crippen LogP contribution in [0.4, 0.5) is 0 Å². The zero-order valence-electron chi connectivity index (χ0n) is 11.0. The normalized spacial score (nSPS) is 9.76. The molecule has 0 spiro atoms. The zero-order chi connectivity index (χ0) is 12.0. The van der Waals surface area contributed by atoms with E-state index in [1.54, 1.807) is 10.6 Å². The predicted octanol–water partition coefficient (Wildman–Crippen LogP) is 3.54. The van der Waals surface area contributed by atoms with Crippen LogP contribution < -0.4 is 10.6 Å². The smallest absolute Gasteiger partial charge is 0 e. The Kier molecular flexibility index (Phi) is 9.61. The summed E-state index contributed by atoms with van der Waals surface area (Å²) < 4.78 is 0. The summed E-state index contributed by atoms with van der Waals surface area (Å²) in [6, 6.07) is 16.8. The average Bonchev–Trinajstić information content (AvgIpc) is 2.92.